The molecule has 0 saturated carbocycles. The van der Waals surface area contributed by atoms with E-state index in [2.05, 4.69) is 20.5 Å². The third-order valence-corrected chi connectivity index (χ3v) is 6.51. The molecule has 2 amide bonds. The van der Waals surface area contributed by atoms with E-state index in [9.17, 15) is 18.8 Å². The van der Waals surface area contributed by atoms with Crippen molar-refractivity contribution in [2.24, 2.45) is 0 Å². The average Bonchev–Trinajstić information content (AvgIpc) is 3.26. The highest BCUT2D eigenvalue weighted by Gasteiger charge is 2.39. The molecule has 1 fully saturated rings. The minimum atomic E-state index is -0.543. The zero-order chi connectivity index (χ0) is 25.2. The van der Waals surface area contributed by atoms with Crippen LogP contribution in [0.1, 0.15) is 31.1 Å². The number of aromatic nitrogens is 3. The standard InChI is InChI=1S/C23H25FN6O4S/c1-14(19(32)26-21-27-28-22(35-21)34-17-7-5-16(24)6-8-17)29-10-11-30(23(2,3)13-29)20(33)15-4-9-18(31)25-12-15/h4-9,12,14H,10-11,13H2,1-3H3,(H,25,31)(H,26,27,32)/t14-/m0/s1. The summed E-state index contributed by atoms with van der Waals surface area (Å²) in [5, 5.41) is 11.1. The summed E-state index contributed by atoms with van der Waals surface area (Å²) in [6.07, 6.45) is 1.42. The molecule has 2 aromatic heterocycles. The summed E-state index contributed by atoms with van der Waals surface area (Å²) in [7, 11) is 0. The van der Waals surface area contributed by atoms with Gasteiger partial charge in [0, 0.05) is 31.9 Å². The number of ether oxygens (including phenoxy) is 1. The van der Waals surface area contributed by atoms with Gasteiger partial charge in [-0.1, -0.05) is 5.10 Å². The fourth-order valence-corrected chi connectivity index (χ4v) is 4.50. The number of rotatable bonds is 6. The number of carbonyl (C=O) groups excluding carboxylic acids is 2. The molecule has 35 heavy (non-hydrogen) atoms. The fraction of sp³-hybridized carbons (Fsp3) is 0.348. The van der Waals surface area contributed by atoms with Crippen LogP contribution in [-0.2, 0) is 4.79 Å². The van der Waals surface area contributed by atoms with E-state index in [-0.39, 0.29) is 33.5 Å². The van der Waals surface area contributed by atoms with Gasteiger partial charge in [-0.25, -0.2) is 4.39 Å². The first-order valence-corrected chi connectivity index (χ1v) is 11.8. The number of nitrogens with one attached hydrogen (secondary N) is 2. The molecule has 0 bridgehead atoms. The summed E-state index contributed by atoms with van der Waals surface area (Å²) in [5.74, 6) is -0.400. The third-order valence-electron chi connectivity index (χ3n) is 5.79. The number of aromatic amines is 1. The van der Waals surface area contributed by atoms with E-state index in [0.717, 1.165) is 11.3 Å². The molecule has 0 unspecified atom stereocenters. The average molecular weight is 501 g/mol. The van der Waals surface area contributed by atoms with Gasteiger partial charge < -0.3 is 14.6 Å². The molecule has 184 valence electrons. The van der Waals surface area contributed by atoms with E-state index in [1.165, 1.54) is 42.6 Å². The van der Waals surface area contributed by atoms with Gasteiger partial charge in [0.25, 0.3) is 5.91 Å². The van der Waals surface area contributed by atoms with Gasteiger partial charge in [0.05, 0.1) is 17.1 Å². The molecule has 1 aromatic carbocycles. The Balaban J connectivity index is 1.35. The van der Waals surface area contributed by atoms with Crippen LogP contribution in [0.4, 0.5) is 9.52 Å². The Morgan fingerprint density at radius 1 is 1.17 bits per heavy atom. The first kappa shape index (κ1) is 24.5. The number of halogens is 1. The lowest BCUT2D eigenvalue weighted by Gasteiger charge is -2.48. The Morgan fingerprint density at radius 2 is 1.91 bits per heavy atom. The smallest absolute Gasteiger partial charge is 0.301 e. The van der Waals surface area contributed by atoms with Crippen LogP contribution in [0.3, 0.4) is 0 Å². The van der Waals surface area contributed by atoms with Crippen LogP contribution in [0.15, 0.2) is 47.4 Å². The number of H-pyrrole nitrogens is 1. The van der Waals surface area contributed by atoms with Crippen molar-refractivity contribution >= 4 is 28.3 Å². The molecule has 1 saturated heterocycles. The van der Waals surface area contributed by atoms with Crippen LogP contribution < -0.4 is 15.6 Å². The molecule has 3 aromatic rings. The maximum Gasteiger partial charge on any atom is 0.301 e. The number of hydrogen-bond donors (Lipinski definition) is 2. The predicted octanol–water partition coefficient (Wildman–Crippen LogP) is 2.72. The fourth-order valence-electron chi connectivity index (χ4n) is 3.88. The number of amides is 2. The van der Waals surface area contributed by atoms with Gasteiger partial charge in [0.1, 0.15) is 11.6 Å². The third kappa shape index (κ3) is 5.72. The maximum atomic E-state index is 13.0. The monoisotopic (exact) mass is 500 g/mol. The zero-order valence-corrected chi connectivity index (χ0v) is 20.3. The maximum absolute atomic E-state index is 13.0. The second-order valence-corrected chi connectivity index (χ2v) is 9.72. The Kier molecular flexibility index (Phi) is 6.94. The van der Waals surface area contributed by atoms with Gasteiger partial charge in [-0.2, -0.15) is 0 Å². The number of hydrogen-bond acceptors (Lipinski definition) is 8. The highest BCUT2D eigenvalue weighted by atomic mass is 32.1. The van der Waals surface area contributed by atoms with E-state index in [4.69, 9.17) is 4.74 Å². The van der Waals surface area contributed by atoms with Crippen LogP contribution in [0.5, 0.6) is 10.9 Å². The van der Waals surface area contributed by atoms with Crippen LogP contribution in [0.2, 0.25) is 0 Å². The molecule has 0 aliphatic carbocycles. The van der Waals surface area contributed by atoms with Crippen molar-refractivity contribution in [2.45, 2.75) is 32.4 Å². The topological polar surface area (TPSA) is 121 Å². The van der Waals surface area contributed by atoms with Gasteiger partial charge in [-0.15, -0.1) is 5.10 Å². The van der Waals surface area contributed by atoms with E-state index in [1.807, 2.05) is 18.7 Å². The van der Waals surface area contributed by atoms with Gasteiger partial charge in [0.2, 0.25) is 16.6 Å². The zero-order valence-electron chi connectivity index (χ0n) is 19.4. The van der Waals surface area contributed by atoms with Gasteiger partial charge in [-0.05, 0) is 62.4 Å². The molecule has 1 aliphatic heterocycles. The molecule has 2 N–H and O–H groups in total. The predicted molar refractivity (Wildman–Crippen MR) is 128 cm³/mol. The number of piperazine rings is 1. The second-order valence-electron chi connectivity index (χ2n) is 8.78. The van der Waals surface area contributed by atoms with Crippen LogP contribution >= 0.6 is 11.3 Å². The second kappa shape index (κ2) is 9.92. The summed E-state index contributed by atoms with van der Waals surface area (Å²) in [6.45, 7) is 7.08. The normalized spacial score (nSPS) is 16.5. The summed E-state index contributed by atoms with van der Waals surface area (Å²) in [4.78, 5) is 43.5. The summed E-state index contributed by atoms with van der Waals surface area (Å²) < 4.78 is 18.6. The lowest BCUT2D eigenvalue weighted by Crippen LogP contribution is -2.63. The minimum Gasteiger partial charge on any atom is -0.430 e. The van der Waals surface area contributed by atoms with Crippen molar-refractivity contribution in [3.05, 3.63) is 64.3 Å². The minimum absolute atomic E-state index is 0.175. The highest BCUT2D eigenvalue weighted by Crippen LogP contribution is 2.29. The SMILES string of the molecule is C[C@@H](C(=O)Nc1nnc(Oc2ccc(F)cc2)s1)N1CCN(C(=O)c2ccc(=O)[nH]c2)C(C)(C)C1. The summed E-state index contributed by atoms with van der Waals surface area (Å²) >= 11 is 1.06. The first-order valence-electron chi connectivity index (χ1n) is 10.9. The summed E-state index contributed by atoms with van der Waals surface area (Å²) in [6, 6.07) is 7.85. The number of anilines is 1. The van der Waals surface area contributed by atoms with E-state index >= 15 is 0 Å². The molecule has 3 heterocycles. The van der Waals surface area contributed by atoms with Gasteiger partial charge >= 0.3 is 5.19 Å². The van der Waals surface area contributed by atoms with E-state index in [1.54, 1.807) is 11.8 Å². The van der Waals surface area contributed by atoms with Crippen molar-refractivity contribution in [1.29, 1.82) is 0 Å². The molecule has 10 nitrogen and oxygen atoms in total. The van der Waals surface area contributed by atoms with Crippen molar-refractivity contribution in [1.82, 2.24) is 25.0 Å². The molecule has 0 radical (unpaired) electrons. The Labute approximate surface area is 204 Å². The van der Waals surface area contributed by atoms with Crippen molar-refractivity contribution in [3.8, 4) is 10.9 Å². The van der Waals surface area contributed by atoms with E-state index < -0.39 is 11.6 Å². The lowest BCUT2D eigenvalue weighted by molar-refractivity contribution is -0.122. The lowest BCUT2D eigenvalue weighted by atomic mass is 9.96. The number of nitrogens with zero attached hydrogens (tertiary/aromatic N) is 4. The molecular weight excluding hydrogens is 475 g/mol. The largest absolute Gasteiger partial charge is 0.430 e. The summed E-state index contributed by atoms with van der Waals surface area (Å²) in [5.41, 5.74) is -0.402. The first-order chi connectivity index (χ1) is 16.6. The molecule has 1 aliphatic rings. The van der Waals surface area contributed by atoms with Crippen molar-refractivity contribution in [3.63, 3.8) is 0 Å². The quantitative estimate of drug-likeness (QED) is 0.534. The van der Waals surface area contributed by atoms with Gasteiger partial charge in [0.15, 0.2) is 0 Å². The molecule has 1 atom stereocenters. The van der Waals surface area contributed by atoms with Crippen LogP contribution in [0, 0.1) is 5.82 Å². The van der Waals surface area contributed by atoms with Crippen LogP contribution in [0.25, 0.3) is 0 Å². The molecular formula is C23H25FN6O4S. The molecule has 4 rings (SSSR count). The van der Waals surface area contributed by atoms with Gasteiger partial charge in [-0.3, -0.25) is 24.6 Å². The highest BCUT2D eigenvalue weighted by molar-refractivity contribution is 7.17. The van der Waals surface area contributed by atoms with Crippen molar-refractivity contribution < 1.29 is 18.7 Å². The number of pyridine rings is 1. The van der Waals surface area contributed by atoms with Crippen molar-refractivity contribution in [2.75, 3.05) is 25.0 Å². The Morgan fingerprint density at radius 3 is 2.57 bits per heavy atom. The Bertz CT molecular complexity index is 1260. The van der Waals surface area contributed by atoms with E-state index in [0.29, 0.717) is 30.9 Å². The molecule has 0 spiro atoms. The number of carbonyl (C=O) groups is 2. The molecule has 12 heteroatoms. The number of benzene rings is 1. The van der Waals surface area contributed by atoms with Crippen LogP contribution in [-0.4, -0.2) is 68.0 Å². The Hall–Kier alpha value is -3.64.